The lowest BCUT2D eigenvalue weighted by Gasteiger charge is -2.37. The first-order valence-corrected chi connectivity index (χ1v) is 10.6. The van der Waals surface area contributed by atoms with Crippen LogP contribution in [0, 0.1) is 0 Å². The Morgan fingerprint density at radius 2 is 1.79 bits per heavy atom. The predicted molar refractivity (Wildman–Crippen MR) is 116 cm³/mol. The summed E-state index contributed by atoms with van der Waals surface area (Å²) >= 11 is 0. The number of carbonyl (C=O) groups excluding carboxylic acids is 1. The van der Waals surface area contributed by atoms with E-state index in [9.17, 15) is 4.79 Å². The van der Waals surface area contributed by atoms with E-state index in [1.165, 1.54) is 48.1 Å². The van der Waals surface area contributed by atoms with E-state index in [2.05, 4.69) is 23.2 Å². The van der Waals surface area contributed by atoms with Crippen LogP contribution in [-0.4, -0.2) is 34.2 Å². The molecule has 5 nitrogen and oxygen atoms in total. The summed E-state index contributed by atoms with van der Waals surface area (Å²) in [5, 5.41) is 0. The maximum Gasteiger partial charge on any atom is 0.410 e. The molecular weight excluding hydrogens is 362 g/mol. The molecule has 0 saturated heterocycles. The van der Waals surface area contributed by atoms with Crippen molar-refractivity contribution in [3.63, 3.8) is 0 Å². The minimum atomic E-state index is -0.479. The predicted octanol–water partition coefficient (Wildman–Crippen LogP) is 4.27. The Kier molecular flexibility index (Phi) is 6.91. The fourth-order valence-electron chi connectivity index (χ4n) is 3.86. The lowest BCUT2D eigenvalue weighted by molar-refractivity contribution is 0.0128. The smallest absolute Gasteiger partial charge is 0.410 e. The van der Waals surface area contributed by atoms with Crippen molar-refractivity contribution >= 4 is 6.09 Å². The van der Waals surface area contributed by atoms with Crippen LogP contribution in [0.5, 0.6) is 0 Å². The average molecular weight is 396 g/mol. The minimum absolute atomic E-state index is 0.0183. The molecule has 0 fully saturated rings. The van der Waals surface area contributed by atoms with Crippen molar-refractivity contribution in [2.45, 2.75) is 71.1 Å². The first kappa shape index (κ1) is 21.3. The van der Waals surface area contributed by atoms with E-state index >= 15 is 0 Å². The summed E-state index contributed by atoms with van der Waals surface area (Å²) in [6.45, 7) is 6.65. The Balaban J connectivity index is 0.000000200. The summed E-state index contributed by atoms with van der Waals surface area (Å²) < 4.78 is 5.46. The van der Waals surface area contributed by atoms with Gasteiger partial charge in [-0.15, -0.1) is 0 Å². The summed E-state index contributed by atoms with van der Waals surface area (Å²) in [4.78, 5) is 18.3. The lowest BCUT2D eigenvalue weighted by Crippen LogP contribution is -2.49. The monoisotopic (exact) mass is 395 g/mol. The lowest BCUT2D eigenvalue weighted by atomic mass is 9.94. The Morgan fingerprint density at radius 1 is 1.10 bits per heavy atom. The molecule has 1 atom stereocenters. The molecule has 4 rings (SSSR count). The first-order valence-electron chi connectivity index (χ1n) is 10.6. The SMILES string of the molecule is CC(C)(C)OC(=O)N1Cc2ccccc2CC1CN.c1cnc2c(c1)CCCC2. The fraction of sp³-hybridized carbons (Fsp3) is 0.500. The van der Waals surface area contributed by atoms with Crippen LogP contribution in [0.3, 0.4) is 0 Å². The van der Waals surface area contributed by atoms with E-state index in [1.807, 2.05) is 45.2 Å². The average Bonchev–Trinajstić information content (AvgIpc) is 2.72. The van der Waals surface area contributed by atoms with Crippen LogP contribution in [0.15, 0.2) is 42.6 Å². The van der Waals surface area contributed by atoms with Crippen LogP contribution in [0.2, 0.25) is 0 Å². The topological polar surface area (TPSA) is 68.5 Å². The van der Waals surface area contributed by atoms with Gasteiger partial charge in [-0.25, -0.2) is 4.79 Å². The Bertz CT molecular complexity index is 804. The maximum atomic E-state index is 12.2. The molecule has 2 aliphatic rings. The Labute approximate surface area is 174 Å². The van der Waals surface area contributed by atoms with Gasteiger partial charge in [0.15, 0.2) is 0 Å². The number of pyridine rings is 1. The number of nitrogens with zero attached hydrogens (tertiary/aromatic N) is 2. The summed E-state index contributed by atoms with van der Waals surface area (Å²) in [5.74, 6) is 0. The van der Waals surface area contributed by atoms with Crippen molar-refractivity contribution < 1.29 is 9.53 Å². The van der Waals surface area contributed by atoms with Crippen molar-refractivity contribution in [3.8, 4) is 0 Å². The van der Waals surface area contributed by atoms with Gasteiger partial charge in [-0.1, -0.05) is 30.3 Å². The molecule has 1 aromatic carbocycles. The fourth-order valence-corrected chi connectivity index (χ4v) is 3.86. The van der Waals surface area contributed by atoms with Crippen LogP contribution in [0.4, 0.5) is 4.79 Å². The van der Waals surface area contributed by atoms with Crippen LogP contribution in [0.1, 0.15) is 56.0 Å². The zero-order chi connectivity index (χ0) is 20.9. The summed E-state index contributed by atoms with van der Waals surface area (Å²) in [7, 11) is 0. The van der Waals surface area contributed by atoms with Crippen molar-refractivity contribution in [2.75, 3.05) is 6.54 Å². The Hall–Kier alpha value is -2.40. The standard InChI is InChI=1S/C15H22N2O2.C9H11N/c1-15(2,3)19-14(18)17-10-12-7-5-4-6-11(12)8-13(17)9-16;1-2-6-9-8(4-1)5-3-7-10-9/h4-7,13H,8-10,16H2,1-3H3;3,5,7H,1-2,4,6H2. The molecule has 1 aliphatic heterocycles. The van der Waals surface area contributed by atoms with Crippen LogP contribution in [0.25, 0.3) is 0 Å². The van der Waals surface area contributed by atoms with Gasteiger partial charge in [0.05, 0.1) is 6.04 Å². The van der Waals surface area contributed by atoms with E-state index in [1.54, 1.807) is 4.90 Å². The number of aromatic nitrogens is 1. The van der Waals surface area contributed by atoms with Gasteiger partial charge in [0.25, 0.3) is 0 Å². The minimum Gasteiger partial charge on any atom is -0.444 e. The molecule has 2 N–H and O–H groups in total. The van der Waals surface area contributed by atoms with Crippen molar-refractivity contribution in [1.82, 2.24) is 9.88 Å². The molecule has 1 unspecified atom stereocenters. The number of ether oxygens (including phenoxy) is 1. The second-order valence-corrected chi connectivity index (χ2v) is 8.79. The highest BCUT2D eigenvalue weighted by atomic mass is 16.6. The molecule has 1 aromatic heterocycles. The molecule has 1 aliphatic carbocycles. The highest BCUT2D eigenvalue weighted by Crippen LogP contribution is 2.24. The zero-order valence-electron chi connectivity index (χ0n) is 17.9. The molecule has 0 bridgehead atoms. The second-order valence-electron chi connectivity index (χ2n) is 8.79. The maximum absolute atomic E-state index is 12.2. The second kappa shape index (κ2) is 9.40. The molecule has 0 saturated carbocycles. The van der Waals surface area contributed by atoms with Crippen LogP contribution >= 0.6 is 0 Å². The normalized spacial score (nSPS) is 18.1. The number of amides is 1. The van der Waals surface area contributed by atoms with E-state index < -0.39 is 5.60 Å². The largest absolute Gasteiger partial charge is 0.444 e. The van der Waals surface area contributed by atoms with Gasteiger partial charge < -0.3 is 10.5 Å². The highest BCUT2D eigenvalue weighted by Gasteiger charge is 2.31. The number of benzene rings is 1. The summed E-state index contributed by atoms with van der Waals surface area (Å²) in [5.41, 5.74) is 10.6. The van der Waals surface area contributed by atoms with E-state index in [0.717, 1.165) is 6.42 Å². The number of aryl methyl sites for hydroxylation is 2. The van der Waals surface area contributed by atoms with Gasteiger partial charge in [-0.3, -0.25) is 9.88 Å². The van der Waals surface area contributed by atoms with Gasteiger partial charge in [0.2, 0.25) is 0 Å². The van der Waals surface area contributed by atoms with E-state index in [0.29, 0.717) is 13.1 Å². The van der Waals surface area contributed by atoms with Crippen LogP contribution in [-0.2, 0) is 30.5 Å². The molecule has 2 aromatic rings. The van der Waals surface area contributed by atoms with E-state index in [4.69, 9.17) is 10.5 Å². The number of hydrogen-bond acceptors (Lipinski definition) is 4. The van der Waals surface area contributed by atoms with E-state index in [-0.39, 0.29) is 12.1 Å². The Morgan fingerprint density at radius 3 is 2.48 bits per heavy atom. The third kappa shape index (κ3) is 5.80. The molecule has 29 heavy (non-hydrogen) atoms. The number of nitrogens with two attached hydrogens (primary N) is 1. The van der Waals surface area contributed by atoms with Gasteiger partial charge in [-0.05, 0) is 75.6 Å². The van der Waals surface area contributed by atoms with Gasteiger partial charge in [-0.2, -0.15) is 0 Å². The molecule has 1 amide bonds. The molecule has 5 heteroatoms. The molecule has 156 valence electrons. The highest BCUT2D eigenvalue weighted by molar-refractivity contribution is 5.69. The number of rotatable bonds is 1. The van der Waals surface area contributed by atoms with Crippen LogP contribution < -0.4 is 5.73 Å². The molecule has 2 heterocycles. The molecular formula is C24H33N3O2. The first-order chi connectivity index (χ1) is 13.9. The summed E-state index contributed by atoms with van der Waals surface area (Å²) in [6.07, 6.45) is 7.51. The number of hydrogen-bond donors (Lipinski definition) is 1. The van der Waals surface area contributed by atoms with Gasteiger partial charge >= 0.3 is 6.09 Å². The zero-order valence-corrected chi connectivity index (χ0v) is 17.9. The van der Waals surface area contributed by atoms with Gasteiger partial charge in [0.1, 0.15) is 5.60 Å². The molecule has 0 spiro atoms. The summed E-state index contributed by atoms with van der Waals surface area (Å²) in [6, 6.07) is 12.4. The van der Waals surface area contributed by atoms with Crippen molar-refractivity contribution in [3.05, 3.63) is 65.0 Å². The number of fused-ring (bicyclic) bond motifs is 2. The number of carbonyl (C=O) groups is 1. The third-order valence-electron chi connectivity index (χ3n) is 5.35. The third-order valence-corrected chi connectivity index (χ3v) is 5.35. The van der Waals surface area contributed by atoms with Gasteiger partial charge in [0, 0.05) is 25.0 Å². The van der Waals surface area contributed by atoms with Crippen molar-refractivity contribution in [1.29, 1.82) is 0 Å². The quantitative estimate of drug-likeness (QED) is 0.783. The molecule has 0 radical (unpaired) electrons. The van der Waals surface area contributed by atoms with Crippen molar-refractivity contribution in [2.24, 2.45) is 5.73 Å².